The first-order chi connectivity index (χ1) is 27.5. The third-order valence-electron chi connectivity index (χ3n) is 8.39. The van der Waals surface area contributed by atoms with Crippen LogP contribution in [0, 0.1) is 17.2 Å². The highest BCUT2D eigenvalue weighted by molar-refractivity contribution is 5.91. The van der Waals surface area contributed by atoms with Crippen LogP contribution in [0.15, 0.2) is 30.5 Å². The predicted octanol–water partition coefficient (Wildman–Crippen LogP) is -1.20. The van der Waals surface area contributed by atoms with E-state index in [2.05, 4.69) is 15.6 Å². The molecule has 22 heteroatoms. The first-order valence-electron chi connectivity index (χ1n) is 18.9. The molecule has 0 unspecified atom stereocenters. The Morgan fingerprint density at radius 1 is 0.881 bits per heavy atom. The molecule has 0 amide bonds. The number of carboxylic acids is 4. The lowest BCUT2D eigenvalue weighted by Crippen LogP contribution is -2.41. The van der Waals surface area contributed by atoms with E-state index in [1.54, 1.807) is 6.20 Å². The first kappa shape index (κ1) is 55.9. The van der Waals surface area contributed by atoms with E-state index in [-0.39, 0.29) is 24.3 Å². The second-order valence-electron chi connectivity index (χ2n) is 13.9. The SMILES string of the molecule is CC(C)C[C@H](N)C(=O)O.CC[C@H](C)[C@H](N)C(=O)O.N=C(N)NCCC[C@H](N)C(=O)OC(=O)[C@@H](N)Cc1c[nH]c2ccccc12.N[C@@H](CO)C(=O)O.O=C(O)[C@@H]1CCCN1. The highest BCUT2D eigenvalue weighted by Gasteiger charge is 2.24. The molecule has 59 heavy (non-hydrogen) atoms. The Balaban J connectivity index is 0. The van der Waals surface area contributed by atoms with E-state index in [9.17, 15) is 28.8 Å². The van der Waals surface area contributed by atoms with Crippen molar-refractivity contribution in [2.75, 3.05) is 19.7 Å². The van der Waals surface area contributed by atoms with Crippen LogP contribution < -0.4 is 45.0 Å². The normalized spacial score (nSPS) is 15.9. The lowest BCUT2D eigenvalue weighted by atomic mass is 10.0. The van der Waals surface area contributed by atoms with Crippen LogP contribution in [0.25, 0.3) is 10.9 Å². The number of aromatic amines is 1. The molecule has 1 fully saturated rings. The lowest BCUT2D eigenvalue weighted by Gasteiger charge is -2.13. The van der Waals surface area contributed by atoms with Crippen LogP contribution in [-0.2, 0) is 39.9 Å². The van der Waals surface area contributed by atoms with Gasteiger partial charge in [0.05, 0.1) is 6.61 Å². The van der Waals surface area contributed by atoms with Gasteiger partial charge in [0, 0.05) is 30.1 Å². The fraction of sp³-hybridized carbons (Fsp3) is 0.595. The van der Waals surface area contributed by atoms with Crippen molar-refractivity contribution in [1.82, 2.24) is 15.6 Å². The monoisotopic (exact) mass is 842 g/mol. The number of carboxylic acid groups (broad SMARTS) is 4. The number of para-hydroxylation sites is 1. The minimum Gasteiger partial charge on any atom is -0.480 e. The van der Waals surface area contributed by atoms with Crippen molar-refractivity contribution in [3.05, 3.63) is 36.0 Å². The summed E-state index contributed by atoms with van der Waals surface area (Å²) in [5.74, 6) is -5.07. The van der Waals surface area contributed by atoms with Crippen molar-refractivity contribution < 1.29 is 59.0 Å². The zero-order valence-corrected chi connectivity index (χ0v) is 34.1. The number of esters is 2. The van der Waals surface area contributed by atoms with Crippen molar-refractivity contribution >= 4 is 52.7 Å². The smallest absolute Gasteiger partial charge is 0.330 e. The molecule has 0 saturated carbocycles. The number of H-pyrrole nitrogens is 1. The van der Waals surface area contributed by atoms with Crippen LogP contribution >= 0.6 is 0 Å². The number of ether oxygens (including phenoxy) is 1. The number of nitrogens with two attached hydrogens (primary N) is 6. The van der Waals surface area contributed by atoms with E-state index in [1.807, 2.05) is 52.0 Å². The molecule has 3 rings (SSSR count). The Bertz CT molecular complexity index is 1590. The van der Waals surface area contributed by atoms with E-state index in [1.165, 1.54) is 0 Å². The van der Waals surface area contributed by atoms with Crippen LogP contribution in [0.5, 0.6) is 0 Å². The molecule has 336 valence electrons. The number of carbonyl (C=O) groups is 6. The largest absolute Gasteiger partial charge is 0.480 e. The number of aliphatic hydroxyl groups excluding tert-OH is 1. The Morgan fingerprint density at radius 3 is 1.85 bits per heavy atom. The summed E-state index contributed by atoms with van der Waals surface area (Å²) in [5, 5.41) is 54.4. The predicted molar refractivity (Wildman–Crippen MR) is 220 cm³/mol. The summed E-state index contributed by atoms with van der Waals surface area (Å²) in [6.07, 6.45) is 5.98. The molecule has 1 saturated heterocycles. The van der Waals surface area contributed by atoms with E-state index < -0.39 is 72.6 Å². The van der Waals surface area contributed by atoms with Crippen LogP contribution in [0.4, 0.5) is 0 Å². The number of hydrogen-bond acceptors (Lipinski definition) is 15. The van der Waals surface area contributed by atoms with Crippen LogP contribution in [-0.4, -0.2) is 128 Å². The van der Waals surface area contributed by atoms with Crippen molar-refractivity contribution in [2.45, 2.75) is 109 Å². The molecule has 7 atom stereocenters. The minimum absolute atomic E-state index is 0.0718. The van der Waals surface area contributed by atoms with Gasteiger partial charge in [-0.05, 0) is 62.1 Å². The van der Waals surface area contributed by atoms with Gasteiger partial charge in [-0.25, -0.2) is 9.59 Å². The van der Waals surface area contributed by atoms with E-state index in [4.69, 9.17) is 70.1 Å². The maximum absolute atomic E-state index is 12.0. The Morgan fingerprint density at radius 2 is 1.46 bits per heavy atom. The molecule has 0 radical (unpaired) electrons. The number of benzene rings is 1. The van der Waals surface area contributed by atoms with Crippen LogP contribution in [0.3, 0.4) is 0 Å². The second kappa shape index (κ2) is 30.8. The van der Waals surface area contributed by atoms with E-state index in [0.29, 0.717) is 31.7 Å². The van der Waals surface area contributed by atoms with Gasteiger partial charge in [0.15, 0.2) is 5.96 Å². The van der Waals surface area contributed by atoms with Gasteiger partial charge in [-0.15, -0.1) is 0 Å². The highest BCUT2D eigenvalue weighted by atomic mass is 16.6. The topological polar surface area (TPSA) is 433 Å². The molecule has 1 aromatic heterocycles. The zero-order chi connectivity index (χ0) is 45.8. The first-order valence-corrected chi connectivity index (χ1v) is 18.9. The average molecular weight is 843 g/mol. The van der Waals surface area contributed by atoms with Gasteiger partial charge >= 0.3 is 35.8 Å². The van der Waals surface area contributed by atoms with Crippen molar-refractivity contribution in [2.24, 2.45) is 46.2 Å². The Labute approximate surface area is 343 Å². The average Bonchev–Trinajstić information content (AvgIpc) is 3.87. The van der Waals surface area contributed by atoms with Crippen molar-refractivity contribution in [3.63, 3.8) is 0 Å². The molecule has 1 aliphatic rings. The number of carbonyl (C=O) groups excluding carboxylic acids is 2. The standard InChI is InChI=1S/C17H24N6O3.2C6H13NO2.C5H9NO2.C3H7NO3/c18-12(5-3-7-22-17(20)21)15(24)26-16(25)13(19)8-10-9-23-14-6-2-1-4-11(10)14;1-4(2)3-5(7)6(8)9;1-3-4(2)5(7)6(8)9;7-5(8)4-2-1-3-6-4;4-2(1-5)3(6)7/h1-2,4,6,9,12-13,23H,3,5,7-8,18-19H2,(H4,20,21,22);2*4-5H,3,7H2,1-2H3,(H,8,9);4,6H,1-3H2,(H,7,8);2,5H,1,4H2,(H,6,7)/t12-,13-;5-;4-,5-;4-;2-/m00000/s1. The van der Waals surface area contributed by atoms with Crippen molar-refractivity contribution in [3.8, 4) is 0 Å². The quantitative estimate of drug-likeness (QED) is 0.0292. The van der Waals surface area contributed by atoms with Gasteiger partial charge in [0.25, 0.3) is 0 Å². The summed E-state index contributed by atoms with van der Waals surface area (Å²) in [6.45, 7) is 8.41. The lowest BCUT2D eigenvalue weighted by molar-refractivity contribution is -0.161. The van der Waals surface area contributed by atoms with Gasteiger partial charge in [0.2, 0.25) is 0 Å². The molecule has 2 heterocycles. The molecule has 0 spiro atoms. The van der Waals surface area contributed by atoms with Gasteiger partial charge in [-0.3, -0.25) is 24.6 Å². The molecule has 0 bridgehead atoms. The number of nitrogens with one attached hydrogen (secondary N) is 4. The number of guanidine groups is 1. The molecule has 22 nitrogen and oxygen atoms in total. The van der Waals surface area contributed by atoms with Crippen LogP contribution in [0.2, 0.25) is 0 Å². The number of rotatable bonds is 17. The Hall–Kier alpha value is -5.23. The zero-order valence-electron chi connectivity index (χ0n) is 34.1. The molecule has 0 aliphatic carbocycles. The van der Waals surface area contributed by atoms with Gasteiger partial charge in [0.1, 0.15) is 36.3 Å². The second-order valence-corrected chi connectivity index (χ2v) is 13.9. The van der Waals surface area contributed by atoms with E-state index in [0.717, 1.165) is 42.3 Å². The number of aromatic nitrogens is 1. The summed E-state index contributed by atoms with van der Waals surface area (Å²) in [4.78, 5) is 67.1. The molecule has 1 aromatic carbocycles. The Kier molecular flexibility index (Phi) is 29.2. The third-order valence-corrected chi connectivity index (χ3v) is 8.39. The third kappa shape index (κ3) is 25.7. The summed E-state index contributed by atoms with van der Waals surface area (Å²) >= 11 is 0. The fourth-order valence-corrected chi connectivity index (χ4v) is 4.61. The number of fused-ring (bicyclic) bond motifs is 1. The number of aliphatic carboxylic acids is 4. The van der Waals surface area contributed by atoms with Gasteiger partial charge in [-0.1, -0.05) is 52.3 Å². The summed E-state index contributed by atoms with van der Waals surface area (Å²) < 4.78 is 4.79. The molecule has 2 aromatic rings. The summed E-state index contributed by atoms with van der Waals surface area (Å²) in [7, 11) is 0. The van der Waals surface area contributed by atoms with Crippen LogP contribution in [0.1, 0.15) is 71.8 Å². The molecule has 21 N–H and O–H groups in total. The number of hydrogen-bond donors (Lipinski definition) is 15. The molecular formula is C37H66N10O12. The maximum atomic E-state index is 12.0. The fourth-order valence-electron chi connectivity index (χ4n) is 4.61. The van der Waals surface area contributed by atoms with E-state index >= 15 is 0 Å². The van der Waals surface area contributed by atoms with Gasteiger partial charge < -0.3 is 80.3 Å². The molecular weight excluding hydrogens is 776 g/mol. The highest BCUT2D eigenvalue weighted by Crippen LogP contribution is 2.19. The summed E-state index contributed by atoms with van der Waals surface area (Å²) in [5.41, 5.74) is 33.8. The molecule has 1 aliphatic heterocycles. The van der Waals surface area contributed by atoms with Gasteiger partial charge in [-0.2, -0.15) is 0 Å². The van der Waals surface area contributed by atoms with Crippen molar-refractivity contribution in [1.29, 1.82) is 5.41 Å². The summed E-state index contributed by atoms with van der Waals surface area (Å²) in [6, 6.07) is 2.96. The minimum atomic E-state index is -1.18. The maximum Gasteiger partial charge on any atom is 0.330 e. The number of aliphatic hydroxyl groups is 1.